The second kappa shape index (κ2) is 3.60. The molecule has 0 aromatic carbocycles. The van der Waals surface area contributed by atoms with Crippen molar-refractivity contribution >= 4 is 0 Å². The normalized spacial score (nSPS) is 29.4. The molecule has 72 valence electrons. The van der Waals surface area contributed by atoms with Crippen LogP contribution in [0, 0.1) is 5.92 Å². The Morgan fingerprint density at radius 2 is 1.92 bits per heavy atom. The summed E-state index contributed by atoms with van der Waals surface area (Å²) < 4.78 is 26.3. The Balaban J connectivity index is 2.26. The lowest BCUT2D eigenvalue weighted by atomic mass is 9.82. The van der Waals surface area contributed by atoms with E-state index in [2.05, 4.69) is 0 Å². The quantitative estimate of drug-likeness (QED) is 0.532. The van der Waals surface area contributed by atoms with Gasteiger partial charge in [-0.2, -0.15) is 0 Å². The molecule has 1 atom stereocenters. The number of halogens is 2. The van der Waals surface area contributed by atoms with E-state index in [1.807, 2.05) is 0 Å². The van der Waals surface area contributed by atoms with E-state index < -0.39 is 0 Å². The third kappa shape index (κ3) is 1.82. The van der Waals surface area contributed by atoms with Crippen LogP contribution in [0.25, 0.3) is 0 Å². The van der Waals surface area contributed by atoms with Crippen LogP contribution >= 0.6 is 0 Å². The molecule has 2 aliphatic carbocycles. The Labute approximate surface area is 77.3 Å². The van der Waals surface area contributed by atoms with Gasteiger partial charge in [0.25, 0.3) is 0 Å². The van der Waals surface area contributed by atoms with E-state index in [1.54, 1.807) is 0 Å². The molecule has 2 rings (SSSR count). The third-order valence-corrected chi connectivity index (χ3v) is 3.06. The molecule has 0 nitrogen and oxygen atoms in total. The summed E-state index contributed by atoms with van der Waals surface area (Å²) in [6, 6.07) is 0. The first kappa shape index (κ1) is 8.92. The molecule has 0 radical (unpaired) electrons. The molecule has 2 aliphatic rings. The van der Waals surface area contributed by atoms with E-state index >= 15 is 0 Å². The van der Waals surface area contributed by atoms with Crippen molar-refractivity contribution in [1.82, 2.24) is 0 Å². The minimum atomic E-state index is -0.292. The van der Waals surface area contributed by atoms with Gasteiger partial charge >= 0.3 is 0 Å². The topological polar surface area (TPSA) is 0 Å². The maximum Gasteiger partial charge on any atom is 0.125 e. The third-order valence-electron chi connectivity index (χ3n) is 3.06. The molecule has 1 unspecified atom stereocenters. The number of hydrogen-bond donors (Lipinski definition) is 0. The van der Waals surface area contributed by atoms with Crippen molar-refractivity contribution in [2.24, 2.45) is 5.92 Å². The summed E-state index contributed by atoms with van der Waals surface area (Å²) in [5.74, 6) is -0.266. The zero-order chi connectivity index (χ0) is 9.26. The monoisotopic (exact) mass is 184 g/mol. The fourth-order valence-electron chi connectivity index (χ4n) is 2.33. The summed E-state index contributed by atoms with van der Waals surface area (Å²) in [6.45, 7) is 0. The van der Waals surface area contributed by atoms with E-state index in [-0.39, 0.29) is 11.7 Å². The van der Waals surface area contributed by atoms with Gasteiger partial charge in [0.2, 0.25) is 0 Å². The first-order valence-electron chi connectivity index (χ1n) is 5.02. The van der Waals surface area contributed by atoms with Crippen LogP contribution in [-0.2, 0) is 0 Å². The van der Waals surface area contributed by atoms with Crippen molar-refractivity contribution < 1.29 is 8.78 Å². The average Bonchev–Trinajstić information content (AvgIpc) is 2.27. The fraction of sp³-hybridized carbons (Fsp3) is 0.636. The standard InChI is InChI=1S/C11H14F2/c12-9-6-5-8-3-1-2-4-10(8)11(13)7-9/h7-8H,1-6H2. The molecular weight excluding hydrogens is 170 g/mol. The molecule has 0 aliphatic heterocycles. The Morgan fingerprint density at radius 3 is 2.77 bits per heavy atom. The minimum absolute atomic E-state index is 0.292. The molecule has 0 heterocycles. The summed E-state index contributed by atoms with van der Waals surface area (Å²) >= 11 is 0. The predicted octanol–water partition coefficient (Wildman–Crippen LogP) is 4.05. The molecule has 0 bridgehead atoms. The Morgan fingerprint density at radius 1 is 1.08 bits per heavy atom. The second-order valence-corrected chi connectivity index (χ2v) is 3.95. The summed E-state index contributed by atoms with van der Waals surface area (Å²) in [4.78, 5) is 0. The first-order valence-corrected chi connectivity index (χ1v) is 5.02. The highest BCUT2D eigenvalue weighted by molar-refractivity contribution is 5.26. The molecular formula is C11H14F2. The van der Waals surface area contributed by atoms with E-state index in [9.17, 15) is 8.78 Å². The van der Waals surface area contributed by atoms with Crippen molar-refractivity contribution in [3.05, 3.63) is 23.3 Å². The molecule has 0 N–H and O–H groups in total. The van der Waals surface area contributed by atoms with Gasteiger partial charge in [0.05, 0.1) is 0 Å². The molecule has 0 amide bonds. The van der Waals surface area contributed by atoms with Crippen LogP contribution in [-0.4, -0.2) is 0 Å². The van der Waals surface area contributed by atoms with Crippen molar-refractivity contribution in [2.75, 3.05) is 0 Å². The zero-order valence-corrected chi connectivity index (χ0v) is 7.65. The second-order valence-electron chi connectivity index (χ2n) is 3.95. The van der Waals surface area contributed by atoms with E-state index in [4.69, 9.17) is 0 Å². The fourth-order valence-corrected chi connectivity index (χ4v) is 2.33. The van der Waals surface area contributed by atoms with Crippen LogP contribution in [0.15, 0.2) is 23.3 Å². The van der Waals surface area contributed by atoms with E-state index in [0.717, 1.165) is 37.3 Å². The van der Waals surface area contributed by atoms with Crippen LogP contribution < -0.4 is 0 Å². The molecule has 0 aromatic heterocycles. The summed E-state index contributed by atoms with van der Waals surface area (Å²) in [7, 11) is 0. The Hall–Kier alpha value is -0.660. The maximum absolute atomic E-state index is 13.4. The lowest BCUT2D eigenvalue weighted by molar-refractivity contribution is 0.409. The van der Waals surface area contributed by atoms with Gasteiger partial charge < -0.3 is 0 Å². The molecule has 0 saturated heterocycles. The highest BCUT2D eigenvalue weighted by Crippen LogP contribution is 2.38. The highest BCUT2D eigenvalue weighted by Gasteiger charge is 2.24. The first-order chi connectivity index (χ1) is 6.27. The van der Waals surface area contributed by atoms with Crippen molar-refractivity contribution in [2.45, 2.75) is 38.5 Å². The lowest BCUT2D eigenvalue weighted by Crippen LogP contribution is -2.10. The summed E-state index contributed by atoms with van der Waals surface area (Å²) in [5, 5.41) is 0. The predicted molar refractivity (Wildman–Crippen MR) is 48.5 cm³/mol. The highest BCUT2D eigenvalue weighted by atomic mass is 19.1. The summed E-state index contributed by atoms with van der Waals surface area (Å²) in [6.07, 6.45) is 6.41. The van der Waals surface area contributed by atoms with Crippen LogP contribution in [0.1, 0.15) is 38.5 Å². The van der Waals surface area contributed by atoms with Gasteiger partial charge in [-0.25, -0.2) is 8.78 Å². The molecule has 2 heteroatoms. The number of allylic oxidation sites excluding steroid dienone is 4. The number of fused-ring (bicyclic) bond motifs is 1. The smallest absolute Gasteiger partial charge is 0.125 e. The number of rotatable bonds is 0. The van der Waals surface area contributed by atoms with E-state index in [0.29, 0.717) is 12.3 Å². The minimum Gasteiger partial charge on any atom is -0.212 e. The molecule has 1 fully saturated rings. The molecule has 0 spiro atoms. The largest absolute Gasteiger partial charge is 0.212 e. The van der Waals surface area contributed by atoms with Crippen LogP contribution in [0.5, 0.6) is 0 Å². The van der Waals surface area contributed by atoms with E-state index in [1.165, 1.54) is 6.42 Å². The van der Waals surface area contributed by atoms with Crippen molar-refractivity contribution in [3.8, 4) is 0 Å². The van der Waals surface area contributed by atoms with Gasteiger partial charge in [0, 0.05) is 6.08 Å². The Bertz CT molecular complexity index is 263. The zero-order valence-electron chi connectivity index (χ0n) is 7.65. The lowest BCUT2D eigenvalue weighted by Gasteiger charge is -2.23. The van der Waals surface area contributed by atoms with Gasteiger partial charge in [-0.05, 0) is 43.6 Å². The van der Waals surface area contributed by atoms with Crippen molar-refractivity contribution in [1.29, 1.82) is 0 Å². The summed E-state index contributed by atoms with van der Waals surface area (Å²) in [5.41, 5.74) is 0.874. The number of hydrogen-bond acceptors (Lipinski definition) is 0. The van der Waals surface area contributed by atoms with Gasteiger partial charge in [-0.1, -0.05) is 6.42 Å². The van der Waals surface area contributed by atoms with Crippen LogP contribution in [0.3, 0.4) is 0 Å². The van der Waals surface area contributed by atoms with Gasteiger partial charge in [-0.3, -0.25) is 0 Å². The van der Waals surface area contributed by atoms with Crippen molar-refractivity contribution in [3.63, 3.8) is 0 Å². The van der Waals surface area contributed by atoms with Gasteiger partial charge in [-0.15, -0.1) is 0 Å². The molecule has 1 saturated carbocycles. The molecule has 13 heavy (non-hydrogen) atoms. The average molecular weight is 184 g/mol. The van der Waals surface area contributed by atoms with Crippen LogP contribution in [0.2, 0.25) is 0 Å². The van der Waals surface area contributed by atoms with Gasteiger partial charge in [0.15, 0.2) is 0 Å². The van der Waals surface area contributed by atoms with Gasteiger partial charge in [0.1, 0.15) is 11.7 Å². The van der Waals surface area contributed by atoms with Crippen LogP contribution in [0.4, 0.5) is 8.78 Å². The Kier molecular flexibility index (Phi) is 2.47. The maximum atomic E-state index is 13.4. The molecule has 0 aromatic rings. The SMILES string of the molecule is FC1=CC(F)=C2CCCCC2CC1.